The molecule has 4 rings (SSSR count). The van der Waals surface area contributed by atoms with Crippen LogP contribution in [0.1, 0.15) is 48.8 Å². The van der Waals surface area contributed by atoms with E-state index in [1.54, 1.807) is 0 Å². The first kappa shape index (κ1) is 36.6. The van der Waals surface area contributed by atoms with E-state index in [1.807, 2.05) is 30.3 Å². The van der Waals surface area contributed by atoms with Gasteiger partial charge in [0.2, 0.25) is 35.4 Å². The van der Waals surface area contributed by atoms with Crippen molar-refractivity contribution in [3.05, 3.63) is 83.4 Å². The Morgan fingerprint density at radius 2 is 1.45 bits per heavy atom. The molecular formula is C34H39F3N6O6. The number of fused-ring (bicyclic) bond motifs is 2. The van der Waals surface area contributed by atoms with E-state index in [0.717, 1.165) is 23.8 Å². The molecule has 15 heteroatoms. The highest BCUT2D eigenvalue weighted by atomic mass is 19.4. The highest BCUT2D eigenvalue weighted by Crippen LogP contribution is 2.32. The summed E-state index contributed by atoms with van der Waals surface area (Å²) in [5, 5.41) is 13.1. The lowest BCUT2D eigenvalue weighted by Crippen LogP contribution is -2.50. The van der Waals surface area contributed by atoms with Gasteiger partial charge < -0.3 is 32.3 Å². The van der Waals surface area contributed by atoms with Gasteiger partial charge in [-0.15, -0.1) is 0 Å². The van der Waals surface area contributed by atoms with Gasteiger partial charge in [-0.3, -0.25) is 28.8 Å². The van der Waals surface area contributed by atoms with E-state index < -0.39 is 77.8 Å². The van der Waals surface area contributed by atoms with Crippen molar-refractivity contribution in [3.63, 3.8) is 0 Å². The Kier molecular flexibility index (Phi) is 12.5. The number of benzene rings is 2. The number of carbonyl (C=O) groups is 6. The van der Waals surface area contributed by atoms with Crippen LogP contribution in [0, 0.1) is 5.92 Å². The number of nitrogens with one attached hydrogen (secondary N) is 5. The highest BCUT2D eigenvalue weighted by molar-refractivity contribution is 6.00. The normalized spacial score (nSPS) is 25.4. The van der Waals surface area contributed by atoms with E-state index in [2.05, 4.69) is 26.6 Å². The minimum absolute atomic E-state index is 0.0396. The summed E-state index contributed by atoms with van der Waals surface area (Å²) in [6.45, 7) is -0.0396. The quantitative estimate of drug-likeness (QED) is 0.274. The molecule has 2 bridgehead atoms. The molecule has 262 valence electrons. The molecule has 2 aliphatic rings. The van der Waals surface area contributed by atoms with Gasteiger partial charge in [-0.25, -0.2) is 0 Å². The monoisotopic (exact) mass is 684 g/mol. The molecule has 1 aliphatic carbocycles. The van der Waals surface area contributed by atoms with Crippen LogP contribution < -0.4 is 32.3 Å². The van der Waals surface area contributed by atoms with Crippen molar-refractivity contribution in [1.82, 2.24) is 26.6 Å². The molecule has 0 unspecified atom stereocenters. The number of nitrogens with two attached hydrogens (primary N) is 1. The number of amides is 6. The van der Waals surface area contributed by atoms with Gasteiger partial charge >= 0.3 is 6.18 Å². The summed E-state index contributed by atoms with van der Waals surface area (Å²) in [7, 11) is 0. The zero-order chi connectivity index (χ0) is 35.6. The summed E-state index contributed by atoms with van der Waals surface area (Å²) in [6.07, 6.45) is -2.45. The molecule has 1 aliphatic heterocycles. The van der Waals surface area contributed by atoms with E-state index in [9.17, 15) is 41.9 Å². The SMILES string of the molecule is NC(=O)[C@H]1CCNC(=O)C[C@@H](Cc2ccccc2)NC(=O)[C@@H]2CC[C@@H](C2)NC(=O)[C@@H](Cc2ccccc2C(F)(F)F)NC(=O)/C=C\C(=O)N1. The Bertz CT molecular complexity index is 1570. The lowest BCUT2D eigenvalue weighted by Gasteiger charge is -2.23. The summed E-state index contributed by atoms with van der Waals surface area (Å²) < 4.78 is 41.3. The van der Waals surface area contributed by atoms with E-state index >= 15 is 0 Å². The molecule has 2 aromatic carbocycles. The van der Waals surface area contributed by atoms with Gasteiger partial charge in [-0.2, -0.15) is 13.2 Å². The third-order valence-corrected chi connectivity index (χ3v) is 8.43. The second-order valence-electron chi connectivity index (χ2n) is 12.2. The van der Waals surface area contributed by atoms with Gasteiger partial charge in [0.05, 0.1) is 5.56 Å². The van der Waals surface area contributed by atoms with E-state index in [4.69, 9.17) is 5.73 Å². The second kappa shape index (κ2) is 16.8. The number of halogens is 3. The number of alkyl halides is 3. The fourth-order valence-electron chi connectivity index (χ4n) is 5.98. The summed E-state index contributed by atoms with van der Waals surface area (Å²) in [4.78, 5) is 77.1. The molecule has 12 nitrogen and oxygen atoms in total. The van der Waals surface area contributed by atoms with Crippen molar-refractivity contribution in [1.29, 1.82) is 0 Å². The van der Waals surface area contributed by atoms with Gasteiger partial charge in [0.15, 0.2) is 0 Å². The van der Waals surface area contributed by atoms with Crippen LogP contribution in [0.25, 0.3) is 0 Å². The third kappa shape index (κ3) is 11.2. The molecule has 1 heterocycles. The average Bonchev–Trinajstić information content (AvgIpc) is 3.51. The minimum Gasteiger partial charge on any atom is -0.368 e. The maximum Gasteiger partial charge on any atom is 0.416 e. The fourth-order valence-corrected chi connectivity index (χ4v) is 5.98. The van der Waals surface area contributed by atoms with Gasteiger partial charge in [0.1, 0.15) is 12.1 Å². The van der Waals surface area contributed by atoms with Crippen molar-refractivity contribution in [3.8, 4) is 0 Å². The Balaban J connectivity index is 1.58. The smallest absolute Gasteiger partial charge is 0.368 e. The summed E-state index contributed by atoms with van der Waals surface area (Å²) in [5.41, 5.74) is 5.10. The van der Waals surface area contributed by atoms with Crippen LogP contribution >= 0.6 is 0 Å². The van der Waals surface area contributed by atoms with Crippen LogP contribution in [0.3, 0.4) is 0 Å². The Hall–Kier alpha value is -5.21. The molecule has 49 heavy (non-hydrogen) atoms. The highest BCUT2D eigenvalue weighted by Gasteiger charge is 2.36. The minimum atomic E-state index is -4.72. The van der Waals surface area contributed by atoms with Crippen LogP contribution in [-0.4, -0.2) is 66.2 Å². The fraction of sp³-hybridized carbons (Fsp3) is 0.412. The lowest BCUT2D eigenvalue weighted by atomic mass is 9.98. The topological polar surface area (TPSA) is 189 Å². The summed E-state index contributed by atoms with van der Waals surface area (Å²) in [5.74, 6) is -4.76. The predicted octanol–water partition coefficient (Wildman–Crippen LogP) is 1.18. The van der Waals surface area contributed by atoms with E-state index in [0.29, 0.717) is 19.3 Å². The van der Waals surface area contributed by atoms with Gasteiger partial charge in [0, 0.05) is 49.5 Å². The first-order valence-electron chi connectivity index (χ1n) is 15.9. The molecule has 5 atom stereocenters. The largest absolute Gasteiger partial charge is 0.416 e. The predicted molar refractivity (Wildman–Crippen MR) is 171 cm³/mol. The molecule has 0 spiro atoms. The summed E-state index contributed by atoms with van der Waals surface area (Å²) in [6, 6.07) is 10.1. The van der Waals surface area contributed by atoms with Crippen LogP contribution in [0.2, 0.25) is 0 Å². The van der Waals surface area contributed by atoms with Crippen molar-refractivity contribution >= 4 is 35.4 Å². The molecule has 0 radical (unpaired) electrons. The van der Waals surface area contributed by atoms with Crippen LogP contribution in [-0.2, 0) is 47.8 Å². The molecule has 1 saturated carbocycles. The van der Waals surface area contributed by atoms with Crippen molar-refractivity contribution in [2.24, 2.45) is 11.7 Å². The summed E-state index contributed by atoms with van der Waals surface area (Å²) >= 11 is 0. The number of hydrogen-bond acceptors (Lipinski definition) is 6. The molecule has 7 N–H and O–H groups in total. The molecule has 0 saturated heterocycles. The van der Waals surface area contributed by atoms with Crippen molar-refractivity contribution in [2.45, 2.75) is 75.3 Å². The molecule has 2 aromatic rings. The second-order valence-corrected chi connectivity index (χ2v) is 12.2. The van der Waals surface area contributed by atoms with E-state index in [1.165, 1.54) is 18.2 Å². The number of primary amides is 1. The Morgan fingerprint density at radius 3 is 2.14 bits per heavy atom. The molecule has 0 aromatic heterocycles. The Labute approximate surface area is 280 Å². The third-order valence-electron chi connectivity index (χ3n) is 8.43. The van der Waals surface area contributed by atoms with Crippen LogP contribution in [0.4, 0.5) is 13.2 Å². The van der Waals surface area contributed by atoms with Crippen molar-refractivity contribution < 1.29 is 41.9 Å². The lowest BCUT2D eigenvalue weighted by molar-refractivity contribution is -0.138. The van der Waals surface area contributed by atoms with Crippen LogP contribution in [0.5, 0.6) is 0 Å². The first-order valence-corrected chi connectivity index (χ1v) is 15.9. The Morgan fingerprint density at radius 1 is 0.776 bits per heavy atom. The number of carbonyl (C=O) groups excluding carboxylic acids is 6. The van der Waals surface area contributed by atoms with Gasteiger partial charge in [0.25, 0.3) is 0 Å². The zero-order valence-electron chi connectivity index (χ0n) is 26.6. The average molecular weight is 685 g/mol. The maximum atomic E-state index is 13.8. The zero-order valence-corrected chi connectivity index (χ0v) is 26.6. The maximum absolute atomic E-state index is 13.8. The van der Waals surface area contributed by atoms with Crippen molar-refractivity contribution in [2.75, 3.05) is 6.54 Å². The standard InChI is InChI=1S/C34H39F3N6O6/c35-34(36,37)25-9-5-4-8-21(25)18-27-33(49)40-23-11-10-22(17-23)32(48)41-24(16-20-6-2-1-3-7-20)19-30(46)39-15-14-26(31(38)47)42-28(44)12-13-29(45)43-27/h1-9,12-13,22-24,26-27H,10-11,14-19H2,(H2,38,47)(H,39,46)(H,40,49)(H,41,48)(H,42,44)(H,43,45)/b13-12-/t22-,23+,24-,26-,27-/m1/s1. The van der Waals surface area contributed by atoms with E-state index in [-0.39, 0.29) is 37.3 Å². The number of rotatable bonds is 5. The molecule has 1 fully saturated rings. The number of hydrogen-bond donors (Lipinski definition) is 6. The van der Waals surface area contributed by atoms with Crippen LogP contribution in [0.15, 0.2) is 66.7 Å². The first-order chi connectivity index (χ1) is 23.3. The molecule has 6 amide bonds. The molecular weight excluding hydrogens is 645 g/mol. The van der Waals surface area contributed by atoms with Gasteiger partial charge in [-0.1, -0.05) is 48.5 Å². The van der Waals surface area contributed by atoms with Gasteiger partial charge in [-0.05, 0) is 49.3 Å².